The summed E-state index contributed by atoms with van der Waals surface area (Å²) < 4.78 is 11.2. The number of fused-ring (bicyclic) bond motifs is 5. The lowest BCUT2D eigenvalue weighted by Gasteiger charge is -2.64. The lowest BCUT2D eigenvalue weighted by Crippen LogP contribution is -2.62. The normalized spacial score (nSPS) is 49.0. The Morgan fingerprint density at radius 1 is 0.857 bits per heavy atom. The highest BCUT2D eigenvalue weighted by molar-refractivity contribution is 5.69. The summed E-state index contributed by atoms with van der Waals surface area (Å²) >= 11 is 0. The summed E-state index contributed by atoms with van der Waals surface area (Å²) in [5.41, 5.74) is 0.307. The van der Waals surface area contributed by atoms with Crippen LogP contribution in [0.4, 0.5) is 0 Å². The lowest BCUT2D eigenvalue weighted by molar-refractivity contribution is -0.665. The van der Waals surface area contributed by atoms with Gasteiger partial charge in [-0.25, -0.2) is 0 Å². The molecule has 2 spiro atoms. The first kappa shape index (κ1) is 30.8. The van der Waals surface area contributed by atoms with Gasteiger partial charge in [-0.3, -0.25) is 9.59 Å². The Morgan fingerprint density at radius 3 is 2.19 bits per heavy atom. The molecule has 42 heavy (non-hydrogen) atoms. The van der Waals surface area contributed by atoms with Crippen molar-refractivity contribution < 1.29 is 38.6 Å². The van der Waals surface area contributed by atoms with E-state index in [2.05, 4.69) is 27.7 Å². The van der Waals surface area contributed by atoms with Crippen molar-refractivity contribution >= 4 is 11.9 Å². The second-order valence-electron chi connectivity index (χ2n) is 15.7. The molecule has 0 unspecified atom stereocenters. The van der Waals surface area contributed by atoms with Gasteiger partial charge in [0.15, 0.2) is 0 Å². The Balaban J connectivity index is 1.19. The molecule has 8 heteroatoms. The molecule has 0 bridgehead atoms. The number of ether oxygens (including phenoxy) is 2. The zero-order valence-electron chi connectivity index (χ0n) is 26.8. The maximum atomic E-state index is 12.5. The van der Waals surface area contributed by atoms with Gasteiger partial charge in [-0.1, -0.05) is 27.7 Å². The summed E-state index contributed by atoms with van der Waals surface area (Å²) in [5.74, 6) is 1.34. The number of hydrogen-bond acceptors (Lipinski definition) is 8. The van der Waals surface area contributed by atoms with E-state index in [0.717, 1.165) is 57.8 Å². The monoisotopic (exact) mass is 590 g/mol. The van der Waals surface area contributed by atoms with E-state index in [4.69, 9.17) is 29.0 Å². The molecule has 8 nitrogen and oxygen atoms in total. The quantitative estimate of drug-likeness (QED) is 0.244. The fourth-order valence-corrected chi connectivity index (χ4v) is 11.0. The summed E-state index contributed by atoms with van der Waals surface area (Å²) in [6, 6.07) is 0. The van der Waals surface area contributed by atoms with E-state index in [9.17, 15) is 9.59 Å². The van der Waals surface area contributed by atoms with Crippen molar-refractivity contribution in [2.24, 2.45) is 52.3 Å². The van der Waals surface area contributed by atoms with Gasteiger partial charge in [0.1, 0.15) is 6.10 Å². The molecule has 6 fully saturated rings. The second kappa shape index (κ2) is 11.3. The molecule has 0 aromatic carbocycles. The van der Waals surface area contributed by atoms with Crippen LogP contribution < -0.4 is 0 Å². The van der Waals surface area contributed by atoms with Gasteiger partial charge in [-0.2, -0.15) is 19.6 Å². The summed E-state index contributed by atoms with van der Waals surface area (Å²) in [7, 11) is 1.47. The molecule has 6 aliphatic rings. The lowest BCUT2D eigenvalue weighted by atomic mass is 9.43. The van der Waals surface area contributed by atoms with E-state index in [1.54, 1.807) is 6.92 Å². The van der Waals surface area contributed by atoms with Gasteiger partial charge in [0.25, 0.3) is 0 Å². The Hall–Kier alpha value is -1.22. The molecule has 0 aromatic rings. The minimum atomic E-state index is -0.900. The minimum Gasteiger partial charge on any atom is -0.469 e. The average molecular weight is 591 g/mol. The molecule has 1 saturated heterocycles. The number of carbonyl (C=O) groups is 2. The van der Waals surface area contributed by atoms with Crippen molar-refractivity contribution in [3.8, 4) is 0 Å². The van der Waals surface area contributed by atoms with Gasteiger partial charge in [-0.15, -0.1) is 0 Å². The zero-order valence-corrected chi connectivity index (χ0v) is 26.8. The van der Waals surface area contributed by atoms with Crippen LogP contribution in [0.15, 0.2) is 0 Å². The maximum absolute atomic E-state index is 12.5. The molecule has 6 rings (SSSR count). The van der Waals surface area contributed by atoms with Crippen LogP contribution in [0.25, 0.3) is 0 Å². The van der Waals surface area contributed by atoms with Crippen molar-refractivity contribution in [2.45, 2.75) is 142 Å². The predicted octanol–water partition coefficient (Wildman–Crippen LogP) is 7.29. The van der Waals surface area contributed by atoms with E-state index < -0.39 is 11.6 Å². The first-order chi connectivity index (χ1) is 19.9. The van der Waals surface area contributed by atoms with Crippen LogP contribution in [-0.2, 0) is 38.6 Å². The highest BCUT2D eigenvalue weighted by Crippen LogP contribution is 2.69. The van der Waals surface area contributed by atoms with Crippen molar-refractivity contribution in [2.75, 3.05) is 7.11 Å². The third-order valence-corrected chi connectivity index (χ3v) is 13.5. The first-order valence-electron chi connectivity index (χ1n) is 16.9. The van der Waals surface area contributed by atoms with E-state index in [0.29, 0.717) is 48.3 Å². The molecule has 5 saturated carbocycles. The van der Waals surface area contributed by atoms with Gasteiger partial charge in [0.2, 0.25) is 11.6 Å². The third kappa shape index (κ3) is 5.24. The second-order valence-corrected chi connectivity index (χ2v) is 15.7. The summed E-state index contributed by atoms with van der Waals surface area (Å²) in [6.07, 6.45) is 12.8. The highest BCUT2D eigenvalue weighted by Gasteiger charge is 2.66. The van der Waals surface area contributed by atoms with E-state index in [-0.39, 0.29) is 34.8 Å². The van der Waals surface area contributed by atoms with Crippen LogP contribution in [0.5, 0.6) is 0 Å². The minimum absolute atomic E-state index is 0.105. The molecule has 0 aromatic heterocycles. The number of rotatable bonds is 5. The van der Waals surface area contributed by atoms with E-state index in [1.165, 1.54) is 26.4 Å². The topological polar surface area (TPSA) is 89.5 Å². The van der Waals surface area contributed by atoms with Crippen LogP contribution in [-0.4, -0.2) is 36.7 Å². The van der Waals surface area contributed by atoms with Crippen LogP contribution in [0.1, 0.15) is 125 Å². The number of carbonyl (C=O) groups excluding carboxylic acids is 2. The predicted molar refractivity (Wildman–Crippen MR) is 154 cm³/mol. The van der Waals surface area contributed by atoms with Crippen LogP contribution in [0, 0.1) is 52.3 Å². The Morgan fingerprint density at radius 2 is 1.52 bits per heavy atom. The van der Waals surface area contributed by atoms with Crippen molar-refractivity contribution in [1.29, 1.82) is 0 Å². The van der Waals surface area contributed by atoms with E-state index in [1.807, 2.05) is 0 Å². The Kier molecular flexibility index (Phi) is 8.28. The third-order valence-electron chi connectivity index (χ3n) is 13.5. The molecular formula is C34H54O8. The SMILES string of the molecule is COC(=O)CC[C@@H](C)[C@H]1CC[C@H]2[C@@H]3[C@H](OC(C)=O)C[C@@H]4CC5(CC[C@]4(C)[C@H]3CC[C@]12C)OOC1(CCC(C)CC1)OO5. The van der Waals surface area contributed by atoms with Gasteiger partial charge >= 0.3 is 11.9 Å². The molecule has 238 valence electrons. The zero-order chi connectivity index (χ0) is 29.9. The molecule has 0 N–H and O–H groups in total. The largest absolute Gasteiger partial charge is 0.469 e. The van der Waals surface area contributed by atoms with Gasteiger partial charge in [0, 0.05) is 44.9 Å². The van der Waals surface area contributed by atoms with Crippen LogP contribution in [0.3, 0.4) is 0 Å². The molecule has 0 amide bonds. The van der Waals surface area contributed by atoms with Gasteiger partial charge in [-0.05, 0) is 104 Å². The maximum Gasteiger partial charge on any atom is 0.305 e. The molecule has 1 heterocycles. The molecule has 9 atom stereocenters. The molecule has 1 aliphatic heterocycles. The number of methoxy groups -OCH3 is 1. The summed E-state index contributed by atoms with van der Waals surface area (Å²) in [5, 5.41) is 0. The van der Waals surface area contributed by atoms with Gasteiger partial charge in [0.05, 0.1) is 7.11 Å². The Bertz CT molecular complexity index is 1010. The van der Waals surface area contributed by atoms with Crippen molar-refractivity contribution in [3.63, 3.8) is 0 Å². The summed E-state index contributed by atoms with van der Waals surface area (Å²) in [4.78, 5) is 48.8. The first-order valence-corrected chi connectivity index (χ1v) is 16.9. The standard InChI is InChI=1S/C34H54O8/c1-21-11-15-33(16-12-21)39-41-34(42-40-33)18-17-31(4)24(20-34)19-28(38-23(3)35)30-26-9-8-25(22(2)7-10-29(36)37-6)32(26,5)14-13-27(30)31/h21-22,24-28,30H,7-20H2,1-6H3/t21?,22-,24-,25-,26+,27+,28-,30+,31+,32-,33?,34?/m1/s1. The van der Waals surface area contributed by atoms with Crippen molar-refractivity contribution in [1.82, 2.24) is 0 Å². The number of esters is 2. The fraction of sp³-hybridized carbons (Fsp3) is 0.941. The van der Waals surface area contributed by atoms with E-state index >= 15 is 0 Å². The molecule has 0 radical (unpaired) electrons. The molecule has 5 aliphatic carbocycles. The smallest absolute Gasteiger partial charge is 0.305 e. The van der Waals surface area contributed by atoms with Crippen LogP contribution >= 0.6 is 0 Å². The number of hydrogen-bond donors (Lipinski definition) is 0. The van der Waals surface area contributed by atoms with Crippen molar-refractivity contribution in [3.05, 3.63) is 0 Å². The van der Waals surface area contributed by atoms with Gasteiger partial charge < -0.3 is 9.47 Å². The summed E-state index contributed by atoms with van der Waals surface area (Å²) in [6.45, 7) is 11.1. The average Bonchev–Trinajstić information content (AvgIpc) is 3.32. The fourth-order valence-electron chi connectivity index (χ4n) is 11.0. The highest BCUT2D eigenvalue weighted by atomic mass is 17.4. The Labute approximate surface area is 252 Å². The molecular weight excluding hydrogens is 536 g/mol. The van der Waals surface area contributed by atoms with Crippen LogP contribution in [0.2, 0.25) is 0 Å².